The van der Waals surface area contributed by atoms with Crippen molar-refractivity contribution in [1.29, 1.82) is 0 Å². The van der Waals surface area contributed by atoms with Crippen LogP contribution in [0.1, 0.15) is 12.5 Å². The molecule has 0 aromatic heterocycles. The molecule has 6 nitrogen and oxygen atoms in total. The Morgan fingerprint density at radius 2 is 1.66 bits per heavy atom. The third-order valence-corrected chi connectivity index (χ3v) is 5.50. The SMILES string of the molecule is C[C@H](C(=O)Nc1ccccc1Cl)N1CCN(CC(=O)NCc2ccccc2)CC1. The molecule has 0 saturated carbocycles. The minimum atomic E-state index is -0.264. The predicted molar refractivity (Wildman–Crippen MR) is 116 cm³/mol. The molecule has 0 unspecified atom stereocenters. The van der Waals surface area contributed by atoms with E-state index in [9.17, 15) is 9.59 Å². The summed E-state index contributed by atoms with van der Waals surface area (Å²) in [5.41, 5.74) is 1.71. The highest BCUT2D eigenvalue weighted by Gasteiger charge is 2.26. The van der Waals surface area contributed by atoms with Crippen molar-refractivity contribution in [1.82, 2.24) is 15.1 Å². The Bertz CT molecular complexity index is 823. The summed E-state index contributed by atoms with van der Waals surface area (Å²) in [6.45, 7) is 5.80. The number of nitrogens with one attached hydrogen (secondary N) is 2. The molecule has 1 fully saturated rings. The van der Waals surface area contributed by atoms with Crippen molar-refractivity contribution in [2.24, 2.45) is 0 Å². The van der Waals surface area contributed by atoms with Crippen molar-refractivity contribution >= 4 is 29.1 Å². The van der Waals surface area contributed by atoms with Crippen LogP contribution in [0.3, 0.4) is 0 Å². The van der Waals surface area contributed by atoms with Crippen molar-refractivity contribution in [2.75, 3.05) is 38.0 Å². The Labute approximate surface area is 176 Å². The molecule has 0 aliphatic carbocycles. The second kappa shape index (κ2) is 10.4. The van der Waals surface area contributed by atoms with E-state index in [0.717, 1.165) is 31.7 Å². The fraction of sp³-hybridized carbons (Fsp3) is 0.364. The quantitative estimate of drug-likeness (QED) is 0.731. The molecule has 7 heteroatoms. The van der Waals surface area contributed by atoms with E-state index in [1.165, 1.54) is 0 Å². The van der Waals surface area contributed by atoms with Gasteiger partial charge in [0.1, 0.15) is 0 Å². The molecule has 1 aliphatic heterocycles. The fourth-order valence-electron chi connectivity index (χ4n) is 3.33. The molecule has 3 rings (SSSR count). The third-order valence-electron chi connectivity index (χ3n) is 5.17. The molecule has 2 amide bonds. The standard InChI is InChI=1S/C22H27ClN4O2/c1-17(22(29)25-20-10-6-5-9-19(20)23)27-13-11-26(12-14-27)16-21(28)24-15-18-7-3-2-4-8-18/h2-10,17H,11-16H2,1H3,(H,24,28)(H,25,29)/t17-/m1/s1. The molecule has 0 radical (unpaired) electrons. The van der Waals surface area contributed by atoms with Crippen LogP contribution >= 0.6 is 11.6 Å². The molecule has 2 aromatic carbocycles. The molecule has 0 bridgehead atoms. The highest BCUT2D eigenvalue weighted by atomic mass is 35.5. The molecule has 1 heterocycles. The van der Waals surface area contributed by atoms with Gasteiger partial charge in [0.25, 0.3) is 0 Å². The van der Waals surface area contributed by atoms with E-state index < -0.39 is 0 Å². The zero-order chi connectivity index (χ0) is 20.6. The first kappa shape index (κ1) is 21.3. The maximum absolute atomic E-state index is 12.6. The molecule has 0 spiro atoms. The van der Waals surface area contributed by atoms with E-state index in [1.807, 2.05) is 49.4 Å². The van der Waals surface area contributed by atoms with Gasteiger partial charge in [-0.25, -0.2) is 0 Å². The highest BCUT2D eigenvalue weighted by Crippen LogP contribution is 2.21. The van der Waals surface area contributed by atoms with Gasteiger partial charge in [-0.3, -0.25) is 19.4 Å². The Morgan fingerprint density at radius 1 is 1.00 bits per heavy atom. The van der Waals surface area contributed by atoms with Gasteiger partial charge in [-0.05, 0) is 24.6 Å². The van der Waals surface area contributed by atoms with Gasteiger partial charge in [-0.1, -0.05) is 54.1 Å². The van der Waals surface area contributed by atoms with Crippen LogP contribution in [0.15, 0.2) is 54.6 Å². The summed E-state index contributed by atoms with van der Waals surface area (Å²) in [6, 6.07) is 16.8. The summed E-state index contributed by atoms with van der Waals surface area (Å²) >= 11 is 6.12. The average molecular weight is 415 g/mol. The van der Waals surface area contributed by atoms with Crippen LogP contribution in [0.2, 0.25) is 5.02 Å². The van der Waals surface area contributed by atoms with Crippen LogP contribution < -0.4 is 10.6 Å². The molecule has 1 aliphatic rings. The lowest BCUT2D eigenvalue weighted by Gasteiger charge is -2.37. The van der Waals surface area contributed by atoms with E-state index in [0.29, 0.717) is 23.8 Å². The van der Waals surface area contributed by atoms with Crippen LogP contribution in [-0.4, -0.2) is 60.4 Å². The largest absolute Gasteiger partial charge is 0.351 e. The zero-order valence-corrected chi connectivity index (χ0v) is 17.4. The molecule has 2 aromatic rings. The lowest BCUT2D eigenvalue weighted by molar-refractivity contribution is -0.124. The van der Waals surface area contributed by atoms with E-state index in [-0.39, 0.29) is 17.9 Å². The van der Waals surface area contributed by atoms with Crippen molar-refractivity contribution in [2.45, 2.75) is 19.5 Å². The minimum Gasteiger partial charge on any atom is -0.351 e. The van der Waals surface area contributed by atoms with Crippen LogP contribution in [0, 0.1) is 0 Å². The van der Waals surface area contributed by atoms with Crippen molar-refractivity contribution in [3.05, 3.63) is 65.2 Å². The maximum Gasteiger partial charge on any atom is 0.241 e. The lowest BCUT2D eigenvalue weighted by Crippen LogP contribution is -2.54. The Morgan fingerprint density at radius 3 is 2.34 bits per heavy atom. The van der Waals surface area contributed by atoms with Gasteiger partial charge in [-0.15, -0.1) is 0 Å². The number of hydrogen-bond acceptors (Lipinski definition) is 4. The topological polar surface area (TPSA) is 64.7 Å². The molecule has 154 valence electrons. The summed E-state index contributed by atoms with van der Waals surface area (Å²) in [6.07, 6.45) is 0. The number of piperazine rings is 1. The van der Waals surface area contributed by atoms with Crippen LogP contribution in [0.5, 0.6) is 0 Å². The predicted octanol–water partition coefficient (Wildman–Crippen LogP) is 2.60. The van der Waals surface area contributed by atoms with E-state index in [2.05, 4.69) is 20.4 Å². The normalized spacial score (nSPS) is 16.2. The second-order valence-corrected chi connectivity index (χ2v) is 7.63. The number of hydrogen-bond donors (Lipinski definition) is 2. The molecule has 1 atom stereocenters. The maximum atomic E-state index is 12.6. The Balaban J connectivity index is 1.40. The smallest absolute Gasteiger partial charge is 0.241 e. The summed E-state index contributed by atoms with van der Waals surface area (Å²) in [7, 11) is 0. The molecular formula is C22H27ClN4O2. The van der Waals surface area contributed by atoms with Crippen molar-refractivity contribution < 1.29 is 9.59 Å². The van der Waals surface area contributed by atoms with Gasteiger partial charge in [0.05, 0.1) is 23.3 Å². The van der Waals surface area contributed by atoms with Gasteiger partial charge in [0.2, 0.25) is 11.8 Å². The van der Waals surface area contributed by atoms with Gasteiger partial charge >= 0.3 is 0 Å². The number of anilines is 1. The van der Waals surface area contributed by atoms with Gasteiger partial charge in [0.15, 0.2) is 0 Å². The Hall–Kier alpha value is -2.41. The van der Waals surface area contributed by atoms with E-state index >= 15 is 0 Å². The van der Waals surface area contributed by atoms with Gasteiger partial charge < -0.3 is 10.6 Å². The van der Waals surface area contributed by atoms with Crippen molar-refractivity contribution in [3.8, 4) is 0 Å². The van der Waals surface area contributed by atoms with E-state index in [1.54, 1.807) is 12.1 Å². The average Bonchev–Trinajstić information content (AvgIpc) is 2.74. The molecule has 29 heavy (non-hydrogen) atoms. The summed E-state index contributed by atoms with van der Waals surface area (Å²) in [5, 5.41) is 6.38. The number of rotatable bonds is 7. The summed E-state index contributed by atoms with van der Waals surface area (Å²) in [4.78, 5) is 29.0. The van der Waals surface area contributed by atoms with Crippen molar-refractivity contribution in [3.63, 3.8) is 0 Å². The zero-order valence-electron chi connectivity index (χ0n) is 16.6. The third kappa shape index (κ3) is 6.29. The number of carbonyl (C=O) groups is 2. The number of carbonyl (C=O) groups excluding carboxylic acids is 2. The van der Waals surface area contributed by atoms with E-state index in [4.69, 9.17) is 11.6 Å². The highest BCUT2D eigenvalue weighted by molar-refractivity contribution is 6.33. The molecular weight excluding hydrogens is 388 g/mol. The first-order valence-corrected chi connectivity index (χ1v) is 10.2. The number of amides is 2. The molecule has 2 N–H and O–H groups in total. The summed E-state index contributed by atoms with van der Waals surface area (Å²) < 4.78 is 0. The number of halogens is 1. The van der Waals surface area contributed by atoms with Gasteiger partial charge in [0, 0.05) is 32.7 Å². The number of nitrogens with zero attached hydrogens (tertiary/aromatic N) is 2. The van der Waals surface area contributed by atoms with Crippen LogP contribution in [-0.2, 0) is 16.1 Å². The first-order chi connectivity index (χ1) is 14.0. The van der Waals surface area contributed by atoms with Gasteiger partial charge in [-0.2, -0.15) is 0 Å². The fourth-order valence-corrected chi connectivity index (χ4v) is 3.51. The monoisotopic (exact) mass is 414 g/mol. The first-order valence-electron chi connectivity index (χ1n) is 9.85. The minimum absolute atomic E-state index is 0.0202. The number of para-hydroxylation sites is 1. The summed E-state index contributed by atoms with van der Waals surface area (Å²) in [5.74, 6) is -0.0565. The molecule has 1 saturated heterocycles. The van der Waals surface area contributed by atoms with Crippen LogP contribution in [0.25, 0.3) is 0 Å². The van der Waals surface area contributed by atoms with Crippen LogP contribution in [0.4, 0.5) is 5.69 Å². The Kier molecular flexibility index (Phi) is 7.63. The lowest BCUT2D eigenvalue weighted by atomic mass is 10.2. The second-order valence-electron chi connectivity index (χ2n) is 7.22. The number of benzene rings is 2.